The molecule has 40 heavy (non-hydrogen) atoms. The lowest BCUT2D eigenvalue weighted by molar-refractivity contribution is -0.317. The normalized spacial score (nSPS) is 34.4. The third-order valence-corrected chi connectivity index (χ3v) is 8.41. The van der Waals surface area contributed by atoms with Crippen molar-refractivity contribution in [1.82, 2.24) is 0 Å². The Morgan fingerprint density at radius 2 is 1.23 bits per heavy atom. The van der Waals surface area contributed by atoms with E-state index in [1.54, 1.807) is 14.2 Å². The van der Waals surface area contributed by atoms with Crippen LogP contribution in [0.25, 0.3) is 0 Å². The zero-order valence-electron chi connectivity index (χ0n) is 24.6. The van der Waals surface area contributed by atoms with Gasteiger partial charge < -0.3 is 38.6 Å². The van der Waals surface area contributed by atoms with Crippen LogP contribution < -0.4 is 9.47 Å². The Balaban J connectivity index is 1.42. The molecular formula is C32H46O8. The molecule has 0 aromatic heterocycles. The summed E-state index contributed by atoms with van der Waals surface area (Å²) in [6, 6.07) is 15.4. The molecule has 1 saturated heterocycles. The maximum atomic E-state index is 11.5. The maximum Gasteiger partial charge on any atom is 0.163 e. The highest BCUT2D eigenvalue weighted by Gasteiger charge is 2.48. The SMILES string of the molecule is CCC1OC(OC2C(C)CC(C)C(OCc3ccc(OC)cc3)C2O)C(C)C(OCc2ccc(OC)cc2)C1O. The van der Waals surface area contributed by atoms with Gasteiger partial charge in [-0.2, -0.15) is 0 Å². The lowest BCUT2D eigenvalue weighted by Crippen LogP contribution is -2.58. The third kappa shape index (κ3) is 7.16. The van der Waals surface area contributed by atoms with Crippen LogP contribution >= 0.6 is 0 Å². The molecule has 2 aromatic carbocycles. The first-order valence-electron chi connectivity index (χ1n) is 14.4. The summed E-state index contributed by atoms with van der Waals surface area (Å²) < 4.78 is 35.8. The predicted octanol–water partition coefficient (Wildman–Crippen LogP) is 4.73. The highest BCUT2D eigenvalue weighted by molar-refractivity contribution is 5.27. The second-order valence-corrected chi connectivity index (χ2v) is 11.3. The number of benzene rings is 2. The molecular weight excluding hydrogens is 512 g/mol. The summed E-state index contributed by atoms with van der Waals surface area (Å²) in [5, 5.41) is 22.5. The van der Waals surface area contributed by atoms with E-state index in [4.69, 9.17) is 28.4 Å². The Kier molecular flexibility index (Phi) is 10.9. The molecule has 0 bridgehead atoms. The van der Waals surface area contributed by atoms with E-state index >= 15 is 0 Å². The van der Waals surface area contributed by atoms with E-state index in [-0.39, 0.29) is 23.9 Å². The maximum absolute atomic E-state index is 11.5. The van der Waals surface area contributed by atoms with Gasteiger partial charge in [0.15, 0.2) is 6.29 Å². The van der Waals surface area contributed by atoms with Crippen molar-refractivity contribution >= 4 is 0 Å². The number of methoxy groups -OCH3 is 2. The summed E-state index contributed by atoms with van der Waals surface area (Å²) >= 11 is 0. The average molecular weight is 559 g/mol. The number of aliphatic hydroxyl groups is 2. The molecule has 1 heterocycles. The predicted molar refractivity (Wildman–Crippen MR) is 151 cm³/mol. The summed E-state index contributed by atoms with van der Waals surface area (Å²) in [5.41, 5.74) is 2.00. The van der Waals surface area contributed by atoms with E-state index in [0.29, 0.717) is 19.6 Å². The van der Waals surface area contributed by atoms with E-state index in [1.165, 1.54) is 0 Å². The number of hydrogen-bond donors (Lipinski definition) is 2. The van der Waals surface area contributed by atoms with Gasteiger partial charge >= 0.3 is 0 Å². The van der Waals surface area contributed by atoms with Crippen LogP contribution in [0.3, 0.4) is 0 Å². The van der Waals surface area contributed by atoms with Crippen molar-refractivity contribution in [2.24, 2.45) is 17.8 Å². The van der Waals surface area contributed by atoms with Crippen molar-refractivity contribution in [3.8, 4) is 11.5 Å². The van der Waals surface area contributed by atoms with Gasteiger partial charge in [0, 0.05) is 5.92 Å². The number of rotatable bonds is 11. The van der Waals surface area contributed by atoms with Gasteiger partial charge in [0.05, 0.1) is 51.8 Å². The van der Waals surface area contributed by atoms with Crippen LogP contribution in [-0.4, -0.2) is 67.3 Å². The number of ether oxygens (including phenoxy) is 6. The Hall–Kier alpha value is -2.20. The van der Waals surface area contributed by atoms with Gasteiger partial charge in [-0.25, -0.2) is 0 Å². The molecule has 222 valence electrons. The Morgan fingerprint density at radius 3 is 1.73 bits per heavy atom. The summed E-state index contributed by atoms with van der Waals surface area (Å²) in [6.07, 6.45) is -2.53. The van der Waals surface area contributed by atoms with E-state index in [0.717, 1.165) is 29.0 Å². The average Bonchev–Trinajstić information content (AvgIpc) is 2.96. The number of hydrogen-bond acceptors (Lipinski definition) is 8. The van der Waals surface area contributed by atoms with Crippen LogP contribution in [-0.2, 0) is 32.2 Å². The Morgan fingerprint density at radius 1 is 0.725 bits per heavy atom. The van der Waals surface area contributed by atoms with E-state index in [2.05, 4.69) is 13.8 Å². The highest BCUT2D eigenvalue weighted by Crippen LogP contribution is 2.38. The van der Waals surface area contributed by atoms with E-state index < -0.39 is 36.8 Å². The van der Waals surface area contributed by atoms with Gasteiger partial charge in [-0.15, -0.1) is 0 Å². The zero-order chi connectivity index (χ0) is 28.8. The third-order valence-electron chi connectivity index (χ3n) is 8.41. The van der Waals surface area contributed by atoms with Crippen LogP contribution in [0.5, 0.6) is 11.5 Å². The quantitative estimate of drug-likeness (QED) is 0.409. The molecule has 0 spiro atoms. The summed E-state index contributed by atoms with van der Waals surface area (Å²) in [4.78, 5) is 0. The summed E-state index contributed by atoms with van der Waals surface area (Å²) in [6.45, 7) is 8.89. The van der Waals surface area contributed by atoms with Crippen molar-refractivity contribution < 1.29 is 38.6 Å². The fraction of sp³-hybridized carbons (Fsp3) is 0.625. The van der Waals surface area contributed by atoms with Crippen LogP contribution in [0.1, 0.15) is 51.7 Å². The second kappa shape index (κ2) is 14.1. The molecule has 1 aliphatic heterocycles. The highest BCUT2D eigenvalue weighted by atomic mass is 16.7. The van der Waals surface area contributed by atoms with Gasteiger partial charge in [-0.1, -0.05) is 52.0 Å². The molecule has 0 amide bonds. The molecule has 0 radical (unpaired) electrons. The van der Waals surface area contributed by atoms with Crippen molar-refractivity contribution in [3.63, 3.8) is 0 Å². The molecule has 10 atom stereocenters. The molecule has 8 nitrogen and oxygen atoms in total. The Bertz CT molecular complexity index is 1030. The molecule has 2 fully saturated rings. The fourth-order valence-corrected chi connectivity index (χ4v) is 5.97. The molecule has 2 aromatic rings. The van der Waals surface area contributed by atoms with Gasteiger partial charge in [-0.05, 0) is 60.1 Å². The first-order chi connectivity index (χ1) is 19.2. The lowest BCUT2D eigenvalue weighted by Gasteiger charge is -2.48. The first-order valence-corrected chi connectivity index (χ1v) is 14.4. The fourth-order valence-electron chi connectivity index (χ4n) is 5.97. The molecule has 10 unspecified atom stereocenters. The lowest BCUT2D eigenvalue weighted by atomic mass is 9.77. The van der Waals surface area contributed by atoms with Crippen molar-refractivity contribution in [1.29, 1.82) is 0 Å². The summed E-state index contributed by atoms with van der Waals surface area (Å²) in [5.74, 6) is 1.59. The van der Waals surface area contributed by atoms with Crippen molar-refractivity contribution in [3.05, 3.63) is 59.7 Å². The van der Waals surface area contributed by atoms with Crippen molar-refractivity contribution in [2.75, 3.05) is 14.2 Å². The molecule has 8 heteroatoms. The van der Waals surface area contributed by atoms with E-state index in [1.807, 2.05) is 62.4 Å². The van der Waals surface area contributed by atoms with Crippen molar-refractivity contribution in [2.45, 2.75) is 96.7 Å². The minimum absolute atomic E-state index is 0.104. The molecule has 2 aliphatic rings. The number of aliphatic hydroxyl groups excluding tert-OH is 2. The van der Waals surface area contributed by atoms with Crippen LogP contribution in [0.15, 0.2) is 48.5 Å². The molecule has 4 rings (SSSR count). The van der Waals surface area contributed by atoms with Gasteiger partial charge in [0.25, 0.3) is 0 Å². The second-order valence-electron chi connectivity index (χ2n) is 11.3. The van der Waals surface area contributed by atoms with E-state index in [9.17, 15) is 10.2 Å². The summed E-state index contributed by atoms with van der Waals surface area (Å²) in [7, 11) is 3.28. The van der Waals surface area contributed by atoms with Crippen LogP contribution in [0.2, 0.25) is 0 Å². The molecule has 2 N–H and O–H groups in total. The van der Waals surface area contributed by atoms with Crippen LogP contribution in [0, 0.1) is 17.8 Å². The zero-order valence-corrected chi connectivity index (χ0v) is 24.6. The van der Waals surface area contributed by atoms with Gasteiger partial charge in [0.2, 0.25) is 0 Å². The van der Waals surface area contributed by atoms with Gasteiger partial charge in [0.1, 0.15) is 23.7 Å². The molecule has 1 saturated carbocycles. The Labute approximate surface area is 238 Å². The minimum atomic E-state index is -0.821. The molecule has 1 aliphatic carbocycles. The monoisotopic (exact) mass is 558 g/mol. The largest absolute Gasteiger partial charge is 0.497 e. The topological polar surface area (TPSA) is 95.8 Å². The first kappa shape index (κ1) is 30.8. The van der Waals surface area contributed by atoms with Crippen LogP contribution in [0.4, 0.5) is 0 Å². The van der Waals surface area contributed by atoms with Gasteiger partial charge in [-0.3, -0.25) is 0 Å². The standard InChI is InChI=1S/C32H46O8/c1-7-26-27(33)31(38-18-23-10-14-25(36-6)15-11-23)21(4)32(39-26)40-30-20(3)16-19(2)29(28(30)34)37-17-22-8-12-24(35-5)13-9-22/h8-15,19-21,26-34H,7,16-18H2,1-6H3. The smallest absolute Gasteiger partial charge is 0.163 e. The minimum Gasteiger partial charge on any atom is -0.497 e.